The van der Waals surface area contributed by atoms with Gasteiger partial charge in [-0.25, -0.2) is 4.79 Å². The van der Waals surface area contributed by atoms with Crippen LogP contribution >= 0.6 is 0 Å². The van der Waals surface area contributed by atoms with E-state index >= 15 is 0 Å². The number of methoxy groups -OCH3 is 2. The number of rotatable bonds is 9. The van der Waals surface area contributed by atoms with Crippen LogP contribution in [0.2, 0.25) is 0 Å². The summed E-state index contributed by atoms with van der Waals surface area (Å²) in [6.07, 6.45) is 7.13. The van der Waals surface area contributed by atoms with Crippen LogP contribution in [-0.2, 0) is 11.3 Å². The number of aromatic nitrogens is 3. The van der Waals surface area contributed by atoms with Gasteiger partial charge in [-0.3, -0.25) is 9.67 Å². The van der Waals surface area contributed by atoms with Crippen LogP contribution in [0.1, 0.15) is 53.3 Å². The summed E-state index contributed by atoms with van der Waals surface area (Å²) in [6.45, 7) is 2.13. The molecule has 3 aromatic rings. The average Bonchev–Trinajstić information content (AvgIpc) is 3.47. The van der Waals surface area contributed by atoms with Crippen molar-refractivity contribution in [2.24, 2.45) is 0 Å². The Kier molecular flexibility index (Phi) is 6.80. The average molecular weight is 456 g/mol. The molecule has 4 rings (SSSR count). The van der Waals surface area contributed by atoms with Gasteiger partial charge in [-0.15, -0.1) is 0 Å². The molecule has 0 amide bonds. The minimum absolute atomic E-state index is 0.0352. The summed E-state index contributed by atoms with van der Waals surface area (Å²) >= 11 is 0. The maximum absolute atomic E-state index is 11.5. The van der Waals surface area contributed by atoms with Crippen LogP contribution in [-0.4, -0.2) is 57.4 Å². The Morgan fingerprint density at radius 2 is 1.85 bits per heavy atom. The number of ether oxygens (including phenoxy) is 3. The van der Waals surface area contributed by atoms with E-state index in [0.717, 1.165) is 31.2 Å². The first-order chi connectivity index (χ1) is 15.9. The van der Waals surface area contributed by atoms with Crippen molar-refractivity contribution >= 4 is 16.9 Å². The van der Waals surface area contributed by atoms with Gasteiger partial charge in [0.2, 0.25) is 0 Å². The largest absolute Gasteiger partial charge is 0.496 e. The third-order valence-corrected chi connectivity index (χ3v) is 6.20. The van der Waals surface area contributed by atoms with E-state index in [1.54, 1.807) is 43.4 Å². The third-order valence-electron chi connectivity index (χ3n) is 6.20. The number of hydrogen-bond donors (Lipinski definition) is 2. The van der Waals surface area contributed by atoms with Gasteiger partial charge in [0.1, 0.15) is 34.8 Å². The molecule has 0 radical (unpaired) electrons. The molecule has 1 fully saturated rings. The van der Waals surface area contributed by atoms with Crippen molar-refractivity contribution in [1.82, 2.24) is 14.8 Å². The van der Waals surface area contributed by atoms with Gasteiger partial charge in [0.05, 0.1) is 26.9 Å². The predicted molar refractivity (Wildman–Crippen MR) is 121 cm³/mol. The van der Waals surface area contributed by atoms with E-state index in [0.29, 0.717) is 28.0 Å². The Morgan fingerprint density at radius 3 is 2.45 bits per heavy atom. The van der Waals surface area contributed by atoms with Crippen molar-refractivity contribution in [3.05, 3.63) is 47.4 Å². The second kappa shape index (κ2) is 9.76. The minimum Gasteiger partial charge on any atom is -0.496 e. The number of nitrogens with zero attached hydrogens (tertiary/aromatic N) is 3. The number of aliphatic hydroxyl groups is 1. The van der Waals surface area contributed by atoms with Crippen LogP contribution in [0.4, 0.5) is 0 Å². The topological polar surface area (TPSA) is 116 Å². The Bertz CT molecular complexity index is 1110. The molecule has 1 aliphatic carbocycles. The number of aliphatic hydroxyl groups excluding tert-OH is 1. The molecule has 2 N–H and O–H groups in total. The van der Waals surface area contributed by atoms with Gasteiger partial charge in [0, 0.05) is 29.5 Å². The highest BCUT2D eigenvalue weighted by molar-refractivity contribution is 6.00. The number of carbonyl (C=O) groups is 1. The highest BCUT2D eigenvalue weighted by atomic mass is 16.5. The smallest absolute Gasteiger partial charge is 0.339 e. The Hall–Kier alpha value is -3.17. The summed E-state index contributed by atoms with van der Waals surface area (Å²) in [6, 6.07) is 3.58. The van der Waals surface area contributed by atoms with E-state index in [1.807, 2.05) is 6.92 Å². The number of fused-ring (bicyclic) bond motifs is 1. The lowest BCUT2D eigenvalue weighted by Gasteiger charge is -2.27. The molecule has 1 saturated carbocycles. The molecule has 9 heteroatoms. The molecular formula is C24H29N3O6. The first kappa shape index (κ1) is 23.0. The lowest BCUT2D eigenvalue weighted by atomic mass is 10.0. The summed E-state index contributed by atoms with van der Waals surface area (Å²) in [4.78, 5) is 15.5. The molecule has 2 heterocycles. The normalized spacial score (nSPS) is 16.1. The fraction of sp³-hybridized carbons (Fsp3) is 0.458. The summed E-state index contributed by atoms with van der Waals surface area (Å²) in [7, 11) is 3.15. The summed E-state index contributed by atoms with van der Waals surface area (Å²) in [5.74, 6) is 0.144. The Labute approximate surface area is 191 Å². The number of carboxylic acid groups (broad SMARTS) is 1. The van der Waals surface area contributed by atoms with Crippen molar-refractivity contribution in [3.8, 4) is 11.5 Å². The van der Waals surface area contributed by atoms with Gasteiger partial charge in [-0.05, 0) is 37.5 Å². The Balaban J connectivity index is 1.68. The Morgan fingerprint density at radius 1 is 1.18 bits per heavy atom. The molecule has 2 atom stereocenters. The zero-order valence-corrected chi connectivity index (χ0v) is 19.0. The molecule has 1 aromatic carbocycles. The van der Waals surface area contributed by atoms with Crippen molar-refractivity contribution < 1.29 is 29.2 Å². The minimum atomic E-state index is -1.09. The molecule has 2 aromatic heterocycles. The number of benzene rings is 1. The van der Waals surface area contributed by atoms with Crippen molar-refractivity contribution in [1.29, 1.82) is 0 Å². The van der Waals surface area contributed by atoms with E-state index in [2.05, 4.69) is 10.1 Å². The van der Waals surface area contributed by atoms with E-state index in [9.17, 15) is 15.0 Å². The second-order valence-corrected chi connectivity index (χ2v) is 8.36. The van der Waals surface area contributed by atoms with Crippen LogP contribution in [0, 0.1) is 6.92 Å². The molecule has 0 aliphatic heterocycles. The van der Waals surface area contributed by atoms with E-state index in [-0.39, 0.29) is 18.2 Å². The van der Waals surface area contributed by atoms with Crippen LogP contribution in [0.5, 0.6) is 11.5 Å². The van der Waals surface area contributed by atoms with Gasteiger partial charge in [0.15, 0.2) is 0 Å². The fourth-order valence-corrected chi connectivity index (χ4v) is 4.41. The zero-order chi connectivity index (χ0) is 23.5. The number of pyridine rings is 1. The molecule has 1 aliphatic rings. The van der Waals surface area contributed by atoms with Gasteiger partial charge in [-0.2, -0.15) is 5.10 Å². The van der Waals surface area contributed by atoms with Crippen LogP contribution in [0.15, 0.2) is 30.7 Å². The number of carboxylic acids is 1. The zero-order valence-electron chi connectivity index (χ0n) is 19.0. The highest BCUT2D eigenvalue weighted by Gasteiger charge is 2.29. The molecule has 0 unspecified atom stereocenters. The SMILES string of the molecule is COc1cc([C@@H](O)[C@H](Cn2cc3cncc(C(=O)O)c3n2)OC2CCCC2)cc(OC)c1C. The van der Waals surface area contributed by atoms with Crippen LogP contribution in [0.25, 0.3) is 10.9 Å². The maximum atomic E-state index is 11.5. The molecule has 0 spiro atoms. The van der Waals surface area contributed by atoms with Gasteiger partial charge < -0.3 is 24.4 Å². The number of aromatic carboxylic acids is 1. The van der Waals surface area contributed by atoms with Crippen molar-refractivity contribution in [2.75, 3.05) is 14.2 Å². The lowest BCUT2D eigenvalue weighted by molar-refractivity contribution is -0.0845. The number of hydrogen-bond acceptors (Lipinski definition) is 7. The summed E-state index contributed by atoms with van der Waals surface area (Å²) in [5, 5.41) is 25.9. The maximum Gasteiger partial charge on any atom is 0.339 e. The molecular weight excluding hydrogens is 426 g/mol. The lowest BCUT2D eigenvalue weighted by Crippen LogP contribution is -2.31. The summed E-state index contributed by atoms with van der Waals surface area (Å²) < 4.78 is 18.9. The van der Waals surface area contributed by atoms with Crippen molar-refractivity contribution in [3.63, 3.8) is 0 Å². The molecule has 0 bridgehead atoms. The van der Waals surface area contributed by atoms with Crippen molar-refractivity contribution in [2.45, 2.75) is 57.5 Å². The van der Waals surface area contributed by atoms with Gasteiger partial charge in [-0.1, -0.05) is 12.8 Å². The van der Waals surface area contributed by atoms with Gasteiger partial charge >= 0.3 is 5.97 Å². The molecule has 9 nitrogen and oxygen atoms in total. The standard InChI is InChI=1S/C24H29N3O6/c1-14-19(31-2)8-15(9-20(14)32-3)23(28)21(33-17-6-4-5-7-17)13-27-12-16-10-25-11-18(24(29)30)22(16)26-27/h8-12,17,21,23,28H,4-7,13H2,1-3H3,(H,29,30)/t21-,23+/m0/s1. The van der Waals surface area contributed by atoms with Gasteiger partial charge in [0.25, 0.3) is 0 Å². The van der Waals surface area contributed by atoms with E-state index in [4.69, 9.17) is 14.2 Å². The quantitative estimate of drug-likeness (QED) is 0.504. The third kappa shape index (κ3) is 4.79. The molecule has 0 saturated heterocycles. The van der Waals surface area contributed by atoms with E-state index in [1.165, 1.54) is 6.20 Å². The predicted octanol–water partition coefficient (Wildman–Crippen LogP) is 3.52. The summed E-state index contributed by atoms with van der Waals surface area (Å²) in [5.41, 5.74) is 1.84. The van der Waals surface area contributed by atoms with E-state index < -0.39 is 18.2 Å². The highest BCUT2D eigenvalue weighted by Crippen LogP contribution is 2.35. The van der Waals surface area contributed by atoms with Crippen LogP contribution < -0.4 is 9.47 Å². The fourth-order valence-electron chi connectivity index (χ4n) is 4.41. The van der Waals surface area contributed by atoms with Crippen LogP contribution in [0.3, 0.4) is 0 Å². The monoisotopic (exact) mass is 455 g/mol. The molecule has 176 valence electrons. The second-order valence-electron chi connectivity index (χ2n) is 8.36. The molecule has 33 heavy (non-hydrogen) atoms. The first-order valence-electron chi connectivity index (χ1n) is 11.0. The first-order valence-corrected chi connectivity index (χ1v) is 11.0.